The summed E-state index contributed by atoms with van der Waals surface area (Å²) in [6.45, 7) is 1.71. The van der Waals surface area contributed by atoms with E-state index in [9.17, 15) is 14.6 Å². The fourth-order valence-corrected chi connectivity index (χ4v) is 3.85. The third kappa shape index (κ3) is 2.94. The smallest absolute Gasteiger partial charge is 0.164 e. The molecule has 0 saturated carbocycles. The van der Waals surface area contributed by atoms with Crippen LogP contribution in [0.2, 0.25) is 0 Å². The van der Waals surface area contributed by atoms with E-state index in [0.29, 0.717) is 17.2 Å². The van der Waals surface area contributed by atoms with Gasteiger partial charge in [-0.1, -0.05) is 0 Å². The van der Waals surface area contributed by atoms with Crippen molar-refractivity contribution in [3.05, 3.63) is 46.2 Å². The molecule has 0 spiro atoms. The Kier molecular flexibility index (Phi) is 4.55. The van der Waals surface area contributed by atoms with Crippen molar-refractivity contribution in [3.8, 4) is 0 Å². The maximum absolute atomic E-state index is 13.1. The summed E-state index contributed by atoms with van der Waals surface area (Å²) in [5.74, 6) is 0.245. The highest BCUT2D eigenvalue weighted by atomic mass is 127. The van der Waals surface area contributed by atoms with Gasteiger partial charge in [0.1, 0.15) is 35.8 Å². The van der Waals surface area contributed by atoms with Crippen molar-refractivity contribution in [1.82, 2.24) is 14.5 Å². The van der Waals surface area contributed by atoms with Crippen molar-refractivity contribution in [2.24, 2.45) is 0 Å². The molecule has 4 atom stereocenters. The summed E-state index contributed by atoms with van der Waals surface area (Å²) in [7, 11) is 0. The monoisotopic (exact) mass is 470 g/mol. The average molecular weight is 470 g/mol. The van der Waals surface area contributed by atoms with E-state index >= 15 is 0 Å². The van der Waals surface area contributed by atoms with Gasteiger partial charge in [-0.05, 0) is 53.8 Å². The van der Waals surface area contributed by atoms with Gasteiger partial charge in [-0.15, -0.1) is 0 Å². The van der Waals surface area contributed by atoms with Crippen molar-refractivity contribution < 1.29 is 19.3 Å². The number of rotatable bonds is 3. The maximum atomic E-state index is 13.1. The van der Waals surface area contributed by atoms with Gasteiger partial charge in [-0.3, -0.25) is 0 Å². The second-order valence-electron chi connectivity index (χ2n) is 6.15. The van der Waals surface area contributed by atoms with Crippen molar-refractivity contribution in [2.45, 2.75) is 31.5 Å². The summed E-state index contributed by atoms with van der Waals surface area (Å²) in [6.07, 6.45) is -0.0342. The second kappa shape index (κ2) is 6.72. The highest BCUT2D eigenvalue weighted by Crippen LogP contribution is 2.36. The molecule has 2 aromatic heterocycles. The van der Waals surface area contributed by atoms with Crippen LogP contribution >= 0.6 is 22.6 Å². The van der Waals surface area contributed by atoms with Crippen LogP contribution in [0, 0.1) is 9.39 Å². The first-order valence-corrected chi connectivity index (χ1v) is 9.09. The van der Waals surface area contributed by atoms with Crippen molar-refractivity contribution in [3.63, 3.8) is 0 Å². The van der Waals surface area contributed by atoms with E-state index < -0.39 is 24.5 Å². The Balaban J connectivity index is 1.76. The molecule has 0 unspecified atom stereocenters. The molecule has 9 heteroatoms. The van der Waals surface area contributed by atoms with E-state index in [0.717, 1.165) is 8.96 Å². The molecule has 136 valence electrons. The lowest BCUT2D eigenvalue weighted by Gasteiger charge is -2.17. The second-order valence-corrected chi connectivity index (χ2v) is 7.31. The van der Waals surface area contributed by atoms with E-state index in [1.54, 1.807) is 29.8 Å². The van der Waals surface area contributed by atoms with Crippen LogP contribution in [0.15, 0.2) is 36.8 Å². The van der Waals surface area contributed by atoms with Gasteiger partial charge in [-0.2, -0.15) is 0 Å². The first-order chi connectivity index (χ1) is 12.5. The van der Waals surface area contributed by atoms with E-state index in [1.165, 1.54) is 18.5 Å². The molecular weight excluding hydrogens is 454 g/mol. The van der Waals surface area contributed by atoms with Gasteiger partial charge < -0.3 is 24.8 Å². The van der Waals surface area contributed by atoms with Crippen LogP contribution in [0.4, 0.5) is 15.9 Å². The number of nitrogens with zero attached hydrogens (tertiary/aromatic N) is 3. The number of hydrogen-bond acceptors (Lipinski definition) is 6. The molecule has 7 nitrogen and oxygen atoms in total. The number of hydrogen-bond donors (Lipinski definition) is 3. The molecule has 1 fully saturated rings. The molecule has 0 amide bonds. The largest absolute Gasteiger partial charge is 0.388 e. The minimum atomic E-state index is -1.06. The zero-order valence-electron chi connectivity index (χ0n) is 13.7. The molecule has 0 radical (unpaired) electrons. The highest BCUT2D eigenvalue weighted by molar-refractivity contribution is 14.1. The molecule has 1 aliphatic heterocycles. The quantitative estimate of drug-likeness (QED) is 0.510. The number of benzene rings is 1. The van der Waals surface area contributed by atoms with Crippen molar-refractivity contribution in [2.75, 3.05) is 5.32 Å². The number of aliphatic hydroxyl groups is 2. The van der Waals surface area contributed by atoms with Gasteiger partial charge in [0.05, 0.1) is 11.5 Å². The first kappa shape index (κ1) is 17.6. The molecule has 3 aromatic rings. The fraction of sp³-hybridized carbons (Fsp3) is 0.294. The molecule has 4 rings (SSSR count). The summed E-state index contributed by atoms with van der Waals surface area (Å²) >= 11 is 2.16. The number of halogens is 2. The predicted octanol–water partition coefficient (Wildman–Crippen LogP) is 2.56. The van der Waals surface area contributed by atoms with Gasteiger partial charge in [0.15, 0.2) is 6.23 Å². The number of nitrogens with one attached hydrogen (secondary N) is 1. The fourth-order valence-electron chi connectivity index (χ4n) is 3.06. The van der Waals surface area contributed by atoms with Crippen LogP contribution < -0.4 is 5.32 Å². The summed E-state index contributed by atoms with van der Waals surface area (Å²) in [5, 5.41) is 24.2. The number of aliphatic hydroxyl groups excluding tert-OH is 2. The standard InChI is InChI=1S/C17H16FIN4O3/c1-8-13(24)14(25)17(26-8)23-6-11(19)12-15(20-7-21-16(12)23)22-10-4-2-9(18)3-5-10/h2-8,13-14,17,24-25H,1H3,(H,20,21,22)/t8-,13-,14-,17-/m1/s1. The lowest BCUT2D eigenvalue weighted by Crippen LogP contribution is -2.30. The van der Waals surface area contributed by atoms with E-state index in [-0.39, 0.29) is 5.82 Å². The third-order valence-corrected chi connectivity index (χ3v) is 5.24. The summed E-state index contributed by atoms with van der Waals surface area (Å²) in [6, 6.07) is 5.97. The lowest BCUT2D eigenvalue weighted by atomic mass is 10.1. The third-order valence-electron chi connectivity index (χ3n) is 4.42. The van der Waals surface area contributed by atoms with Crippen LogP contribution in [0.25, 0.3) is 11.0 Å². The number of anilines is 2. The molecule has 26 heavy (non-hydrogen) atoms. The first-order valence-electron chi connectivity index (χ1n) is 8.01. The minimum Gasteiger partial charge on any atom is -0.388 e. The Morgan fingerprint density at radius 1 is 1.19 bits per heavy atom. The van der Waals surface area contributed by atoms with Gasteiger partial charge in [-0.25, -0.2) is 14.4 Å². The van der Waals surface area contributed by atoms with Gasteiger partial charge >= 0.3 is 0 Å². The number of aromatic nitrogens is 3. The van der Waals surface area contributed by atoms with Crippen LogP contribution in [-0.2, 0) is 4.74 Å². The van der Waals surface area contributed by atoms with Crippen LogP contribution in [0.1, 0.15) is 13.2 Å². The Hall–Kier alpha value is -1.82. The zero-order chi connectivity index (χ0) is 18.4. The Labute approximate surface area is 162 Å². The van der Waals surface area contributed by atoms with Crippen molar-refractivity contribution in [1.29, 1.82) is 0 Å². The zero-order valence-corrected chi connectivity index (χ0v) is 15.8. The van der Waals surface area contributed by atoms with E-state index in [1.807, 2.05) is 0 Å². The average Bonchev–Trinajstić information content (AvgIpc) is 3.09. The van der Waals surface area contributed by atoms with Gasteiger partial charge in [0.25, 0.3) is 0 Å². The molecule has 0 aliphatic carbocycles. The lowest BCUT2D eigenvalue weighted by molar-refractivity contribution is -0.0297. The minimum absolute atomic E-state index is 0.316. The number of ether oxygens (including phenoxy) is 1. The SMILES string of the molecule is C[C@H]1O[C@@H](n2cc(I)c3c(Nc4ccc(F)cc4)ncnc32)[C@H](O)[C@@H]1O. The Morgan fingerprint density at radius 2 is 1.92 bits per heavy atom. The highest BCUT2D eigenvalue weighted by Gasteiger charge is 2.42. The van der Waals surface area contributed by atoms with Crippen LogP contribution in [0.3, 0.4) is 0 Å². The summed E-state index contributed by atoms with van der Waals surface area (Å²) in [5.41, 5.74) is 1.26. The van der Waals surface area contributed by atoms with E-state index in [2.05, 4.69) is 37.9 Å². The molecule has 1 saturated heterocycles. The molecule has 3 heterocycles. The van der Waals surface area contributed by atoms with Crippen LogP contribution in [-0.4, -0.2) is 43.1 Å². The van der Waals surface area contributed by atoms with Crippen LogP contribution in [0.5, 0.6) is 0 Å². The Morgan fingerprint density at radius 3 is 2.58 bits per heavy atom. The molecule has 3 N–H and O–H groups in total. The topological polar surface area (TPSA) is 92.4 Å². The van der Waals surface area contributed by atoms with E-state index in [4.69, 9.17) is 4.74 Å². The molecule has 1 aliphatic rings. The summed E-state index contributed by atoms with van der Waals surface area (Å²) in [4.78, 5) is 8.61. The van der Waals surface area contributed by atoms with Crippen molar-refractivity contribution >= 4 is 45.1 Å². The normalized spacial score (nSPS) is 25.7. The maximum Gasteiger partial charge on any atom is 0.164 e. The Bertz CT molecular complexity index is 949. The number of fused-ring (bicyclic) bond motifs is 1. The van der Waals surface area contributed by atoms with Gasteiger partial charge in [0.2, 0.25) is 0 Å². The molecule has 1 aromatic carbocycles. The molecule has 0 bridgehead atoms. The summed E-state index contributed by atoms with van der Waals surface area (Å²) < 4.78 is 21.4. The van der Waals surface area contributed by atoms with Gasteiger partial charge in [0, 0.05) is 15.5 Å². The predicted molar refractivity (Wildman–Crippen MR) is 102 cm³/mol. The molecular formula is C17H16FIN4O3.